The second-order valence-corrected chi connectivity index (χ2v) is 23.7. The molecule has 0 saturated heterocycles. The first-order chi connectivity index (χ1) is 33.3. The minimum absolute atomic E-state index is 0.0991. The Balaban J connectivity index is 1.06. The van der Waals surface area contributed by atoms with Crippen LogP contribution in [0.4, 0.5) is 0 Å². The summed E-state index contributed by atoms with van der Waals surface area (Å²) in [7, 11) is 0. The van der Waals surface area contributed by atoms with E-state index in [1.165, 1.54) is 87.1 Å². The third kappa shape index (κ3) is 4.26. The number of aromatic nitrogens is 2. The zero-order valence-electron chi connectivity index (χ0n) is 38.3. The standard InChI is InChI=1S/C62H52N2O4/c65-59-31-9-1-27(2-10-31)35-17-39-43-21-41-42(55-49-19-37-29-5-13-33(14-6-29)61(67)47(37)25-53(49)63(57(43)55)51(39)23-45(35)59)22-44-40-18-36-28-3-11-32(12-4-28)60(66)46(36)24-52(40)64-54-26-48-38(20-50(54)56(41)58(44)64)30-7-15-34(16-8-30)62(48)68/h17-34,59,65H,1-16H2. The molecule has 1 N–H and O–H groups in total. The maximum Gasteiger partial charge on any atom is 0.166 e. The van der Waals surface area contributed by atoms with Crippen molar-refractivity contribution in [2.45, 2.75) is 133 Å². The second-order valence-electron chi connectivity index (χ2n) is 23.7. The van der Waals surface area contributed by atoms with Crippen LogP contribution >= 0.6 is 0 Å². The maximum atomic E-state index is 14.5. The van der Waals surface area contributed by atoms with Crippen molar-refractivity contribution >= 4 is 104 Å². The molecule has 22 rings (SSSR count). The predicted molar refractivity (Wildman–Crippen MR) is 270 cm³/mol. The number of carbonyl (C=O) groups excluding carboxylic acids is 3. The van der Waals surface area contributed by atoms with E-state index in [4.69, 9.17) is 0 Å². The number of fused-ring (bicyclic) bond motifs is 23. The smallest absolute Gasteiger partial charge is 0.166 e. The molecule has 10 aromatic rings. The van der Waals surface area contributed by atoms with Gasteiger partial charge in [0.1, 0.15) is 0 Å². The van der Waals surface area contributed by atoms with Crippen molar-refractivity contribution in [3.05, 3.63) is 105 Å². The monoisotopic (exact) mass is 888 g/mol. The summed E-state index contributed by atoms with van der Waals surface area (Å²) >= 11 is 0. The first kappa shape index (κ1) is 37.1. The highest BCUT2D eigenvalue weighted by Gasteiger charge is 2.41. The Morgan fingerprint density at radius 1 is 0.324 bits per heavy atom. The van der Waals surface area contributed by atoms with Crippen LogP contribution in [0.1, 0.15) is 191 Å². The third-order valence-corrected chi connectivity index (χ3v) is 21.0. The predicted octanol–water partition coefficient (Wildman–Crippen LogP) is 14.9. The Kier molecular flexibility index (Phi) is 6.71. The van der Waals surface area contributed by atoms with Crippen LogP contribution in [0, 0.1) is 23.7 Å². The zero-order chi connectivity index (χ0) is 44.3. The van der Waals surface area contributed by atoms with Crippen molar-refractivity contribution in [3.8, 4) is 0 Å². The SMILES string of the molecule is O=C1c2cc3c(cc2C2CCC1CC2)c1cc2c(cc4c5cc6c(cc5n5c7cc8c(cc7c2c45)C2CCC(CC2)C8=O)C(O)C2CCC6CC2)c2c4cc5c(cc4n3c12)C(=O)C1CCC5CC1. The van der Waals surface area contributed by atoms with E-state index in [2.05, 4.69) is 69.5 Å². The summed E-state index contributed by atoms with van der Waals surface area (Å²) in [5.41, 5.74) is 15.7. The fourth-order valence-electron chi connectivity index (χ4n) is 17.6. The van der Waals surface area contributed by atoms with Gasteiger partial charge in [0.15, 0.2) is 17.3 Å². The van der Waals surface area contributed by atoms with Crippen LogP contribution < -0.4 is 0 Å². The highest BCUT2D eigenvalue weighted by molar-refractivity contribution is 6.40. The van der Waals surface area contributed by atoms with Gasteiger partial charge >= 0.3 is 0 Å². The van der Waals surface area contributed by atoms with Crippen molar-refractivity contribution < 1.29 is 19.5 Å². The summed E-state index contributed by atoms with van der Waals surface area (Å²) in [4.78, 5) is 43.5. The Hall–Kier alpha value is -5.85. The Morgan fingerprint density at radius 2 is 0.662 bits per heavy atom. The number of nitrogens with zero attached hydrogens (tertiary/aromatic N) is 2. The molecule has 6 aromatic carbocycles. The summed E-state index contributed by atoms with van der Waals surface area (Å²) < 4.78 is 4.97. The van der Waals surface area contributed by atoms with E-state index < -0.39 is 6.10 Å². The van der Waals surface area contributed by atoms with E-state index >= 15 is 0 Å². The van der Waals surface area contributed by atoms with Crippen LogP contribution in [0.5, 0.6) is 0 Å². The van der Waals surface area contributed by atoms with Crippen LogP contribution in [0.25, 0.3) is 87.0 Å². The molecule has 4 saturated carbocycles. The van der Waals surface area contributed by atoms with E-state index in [0.717, 1.165) is 147 Å². The van der Waals surface area contributed by atoms with E-state index in [1.54, 1.807) is 0 Å². The van der Waals surface area contributed by atoms with Gasteiger partial charge in [0.2, 0.25) is 0 Å². The molecule has 4 heterocycles. The Labute approximate surface area is 392 Å². The molecule has 0 spiro atoms. The van der Waals surface area contributed by atoms with Crippen molar-refractivity contribution in [2.24, 2.45) is 23.7 Å². The van der Waals surface area contributed by atoms with Gasteiger partial charge in [-0.25, -0.2) is 0 Å². The largest absolute Gasteiger partial charge is 0.388 e. The van der Waals surface area contributed by atoms with Gasteiger partial charge < -0.3 is 13.9 Å². The molecule has 6 nitrogen and oxygen atoms in total. The zero-order valence-corrected chi connectivity index (χ0v) is 38.3. The molecule has 12 aliphatic rings. The lowest BCUT2D eigenvalue weighted by atomic mass is 9.81. The molecule has 4 fully saturated rings. The molecule has 12 aliphatic carbocycles. The first-order valence-electron chi connectivity index (χ1n) is 26.7. The number of hydrogen-bond acceptors (Lipinski definition) is 4. The van der Waals surface area contributed by atoms with Crippen molar-refractivity contribution in [1.29, 1.82) is 0 Å². The van der Waals surface area contributed by atoms with E-state index in [-0.39, 0.29) is 17.8 Å². The number of ketones is 3. The summed E-state index contributed by atoms with van der Waals surface area (Å²) in [5, 5.41) is 24.4. The molecule has 4 aromatic heterocycles. The van der Waals surface area contributed by atoms with Crippen LogP contribution in [-0.2, 0) is 0 Å². The van der Waals surface area contributed by atoms with Gasteiger partial charge in [0, 0.05) is 77.5 Å². The number of hydrogen-bond donors (Lipinski definition) is 1. The highest BCUT2D eigenvalue weighted by Crippen LogP contribution is 2.56. The molecule has 8 bridgehead atoms. The lowest BCUT2D eigenvalue weighted by Gasteiger charge is -2.24. The van der Waals surface area contributed by atoms with Gasteiger partial charge in [-0.2, -0.15) is 0 Å². The number of carbonyl (C=O) groups is 3. The van der Waals surface area contributed by atoms with E-state index in [9.17, 15) is 19.5 Å². The number of rotatable bonds is 0. The summed E-state index contributed by atoms with van der Waals surface area (Å²) in [6, 6.07) is 24.0. The van der Waals surface area contributed by atoms with Crippen molar-refractivity contribution in [2.75, 3.05) is 0 Å². The average molecular weight is 889 g/mol. The molecular weight excluding hydrogens is 837 g/mol. The van der Waals surface area contributed by atoms with Crippen LogP contribution in [0.3, 0.4) is 0 Å². The van der Waals surface area contributed by atoms with Gasteiger partial charge in [-0.1, -0.05) is 0 Å². The van der Waals surface area contributed by atoms with Crippen molar-refractivity contribution in [3.63, 3.8) is 0 Å². The number of benzene rings is 6. The van der Waals surface area contributed by atoms with E-state index in [0.29, 0.717) is 46.9 Å². The van der Waals surface area contributed by atoms with Crippen LogP contribution in [-0.4, -0.2) is 31.3 Å². The van der Waals surface area contributed by atoms with Gasteiger partial charge in [-0.05, 0) is 232 Å². The minimum atomic E-state index is -0.472. The molecular formula is C62H52N2O4. The van der Waals surface area contributed by atoms with Crippen molar-refractivity contribution in [1.82, 2.24) is 8.80 Å². The molecule has 1 atom stereocenters. The van der Waals surface area contributed by atoms with Gasteiger partial charge in [-0.3, -0.25) is 14.4 Å². The molecule has 0 amide bonds. The summed E-state index contributed by atoms with van der Waals surface area (Å²) in [6.45, 7) is 0. The van der Waals surface area contributed by atoms with Gasteiger partial charge in [0.25, 0.3) is 0 Å². The molecule has 334 valence electrons. The average Bonchev–Trinajstić information content (AvgIpc) is 3.87. The second kappa shape index (κ2) is 12.3. The van der Waals surface area contributed by atoms with E-state index in [1.807, 2.05) is 0 Å². The van der Waals surface area contributed by atoms with Gasteiger partial charge in [0.05, 0.1) is 39.2 Å². The van der Waals surface area contributed by atoms with Crippen LogP contribution in [0.15, 0.2) is 60.7 Å². The summed E-state index contributed by atoms with van der Waals surface area (Å²) in [6.07, 6.45) is 16.2. The van der Waals surface area contributed by atoms with Crippen LogP contribution in [0.2, 0.25) is 0 Å². The summed E-state index contributed by atoms with van der Waals surface area (Å²) in [5.74, 6) is 3.18. The first-order valence-corrected chi connectivity index (χ1v) is 26.7. The number of aliphatic hydroxyl groups is 1. The quantitative estimate of drug-likeness (QED) is 0.164. The molecule has 0 radical (unpaired) electrons. The molecule has 68 heavy (non-hydrogen) atoms. The fraction of sp³-hybridized carbons (Fsp3) is 0.403. The molecule has 0 aliphatic heterocycles. The maximum absolute atomic E-state index is 14.5. The normalized spacial score (nSPS) is 29.7. The number of aliphatic hydroxyl groups excluding tert-OH is 1. The lowest BCUT2D eigenvalue weighted by molar-refractivity contribution is 0.0891. The molecule has 1 unspecified atom stereocenters. The Morgan fingerprint density at radius 3 is 1.10 bits per heavy atom. The lowest BCUT2D eigenvalue weighted by Crippen LogP contribution is -2.15. The van der Waals surface area contributed by atoms with Gasteiger partial charge in [-0.15, -0.1) is 0 Å². The highest BCUT2D eigenvalue weighted by atomic mass is 16.3. The topological polar surface area (TPSA) is 80.3 Å². The minimum Gasteiger partial charge on any atom is -0.388 e. The number of Topliss-reactive ketones (excluding diaryl/α,β-unsaturated/α-hetero) is 3. The molecule has 6 heteroatoms. The third-order valence-electron chi connectivity index (χ3n) is 21.0. The fourth-order valence-corrected chi connectivity index (χ4v) is 17.6. The Bertz CT molecular complexity index is 4060.